The quantitative estimate of drug-likeness (QED) is 0.571. The third kappa shape index (κ3) is 3.68. The van der Waals surface area contributed by atoms with Gasteiger partial charge in [0.1, 0.15) is 12.1 Å². The lowest BCUT2D eigenvalue weighted by atomic mass is 9.87. The number of rotatable bonds is 2. The van der Waals surface area contributed by atoms with E-state index >= 15 is 0 Å². The zero-order valence-corrected chi connectivity index (χ0v) is 15.3. The molecule has 0 saturated carbocycles. The van der Waals surface area contributed by atoms with Gasteiger partial charge < -0.3 is 0 Å². The number of hydrogen-bond acceptors (Lipinski definition) is 3. The van der Waals surface area contributed by atoms with E-state index in [1.807, 2.05) is 6.07 Å². The molecule has 25 heavy (non-hydrogen) atoms. The molecule has 0 aliphatic rings. The van der Waals surface area contributed by atoms with Crippen molar-refractivity contribution < 1.29 is 0 Å². The fourth-order valence-electron chi connectivity index (χ4n) is 2.68. The van der Waals surface area contributed by atoms with Gasteiger partial charge in [-0.25, -0.2) is 0 Å². The van der Waals surface area contributed by atoms with Crippen LogP contribution in [0.5, 0.6) is 0 Å². The Bertz CT molecular complexity index is 1010. The molecule has 0 saturated heterocycles. The molecule has 122 valence electrons. The fourth-order valence-corrected chi connectivity index (χ4v) is 3.55. The van der Waals surface area contributed by atoms with Crippen molar-refractivity contribution in [1.82, 2.24) is 0 Å². The fraction of sp³-hybridized carbons (Fsp3) is 0.182. The lowest BCUT2D eigenvalue weighted by Gasteiger charge is -2.19. The Kier molecular flexibility index (Phi) is 4.53. The topological polar surface area (TPSA) is 47.6 Å². The van der Waals surface area contributed by atoms with Crippen LogP contribution >= 0.6 is 11.8 Å². The van der Waals surface area contributed by atoms with Gasteiger partial charge in [0.05, 0.1) is 11.1 Å². The molecule has 0 spiro atoms. The minimum Gasteiger partial charge on any atom is -0.192 e. The smallest absolute Gasteiger partial charge is 0.101 e. The molecule has 0 bridgehead atoms. The number of benzene rings is 3. The van der Waals surface area contributed by atoms with Crippen LogP contribution in [0, 0.1) is 22.7 Å². The van der Waals surface area contributed by atoms with Crippen molar-refractivity contribution in [3.8, 4) is 12.1 Å². The summed E-state index contributed by atoms with van der Waals surface area (Å²) in [6.45, 7) is 6.63. The molecule has 0 amide bonds. The molecule has 3 rings (SSSR count). The number of nitriles is 2. The highest BCUT2D eigenvalue weighted by molar-refractivity contribution is 7.99. The number of nitrogens with zero attached hydrogens (tertiary/aromatic N) is 2. The second-order valence-electron chi connectivity index (χ2n) is 7.01. The summed E-state index contributed by atoms with van der Waals surface area (Å²) in [4.78, 5) is 2.30. The number of hydrogen-bond donors (Lipinski definition) is 0. The first kappa shape index (κ1) is 17.1. The molecule has 0 aliphatic carbocycles. The van der Waals surface area contributed by atoms with E-state index in [1.165, 1.54) is 10.5 Å². The van der Waals surface area contributed by atoms with Crippen molar-refractivity contribution in [2.24, 2.45) is 0 Å². The Morgan fingerprint density at radius 1 is 0.720 bits per heavy atom. The minimum absolute atomic E-state index is 0.151. The molecule has 3 heteroatoms. The standard InChI is InChI=1S/C22H18N2S/c1-22(2,3)19-5-8-20(9-6-19)25-21-7-4-15-10-17(13-23)18(14-24)11-16(15)12-21/h4-12H,1-3H3. The lowest BCUT2D eigenvalue weighted by molar-refractivity contribution is 0.590. The second-order valence-corrected chi connectivity index (χ2v) is 8.15. The van der Waals surface area contributed by atoms with Crippen LogP contribution in [0.25, 0.3) is 10.8 Å². The van der Waals surface area contributed by atoms with Crippen molar-refractivity contribution in [2.45, 2.75) is 36.0 Å². The van der Waals surface area contributed by atoms with Crippen molar-refractivity contribution in [1.29, 1.82) is 10.5 Å². The largest absolute Gasteiger partial charge is 0.192 e. The van der Waals surface area contributed by atoms with Gasteiger partial charge in [0, 0.05) is 9.79 Å². The first-order valence-electron chi connectivity index (χ1n) is 8.07. The molecule has 0 aromatic heterocycles. The van der Waals surface area contributed by atoms with Crippen LogP contribution < -0.4 is 0 Å². The van der Waals surface area contributed by atoms with Crippen molar-refractivity contribution in [2.75, 3.05) is 0 Å². The Hall–Kier alpha value is -2.75. The summed E-state index contributed by atoms with van der Waals surface area (Å²) < 4.78 is 0. The van der Waals surface area contributed by atoms with Crippen LogP contribution in [0.1, 0.15) is 37.5 Å². The Labute approximate surface area is 152 Å². The van der Waals surface area contributed by atoms with Gasteiger partial charge in [-0.2, -0.15) is 10.5 Å². The van der Waals surface area contributed by atoms with E-state index < -0.39 is 0 Å². The van der Waals surface area contributed by atoms with Gasteiger partial charge in [0.15, 0.2) is 0 Å². The highest BCUT2D eigenvalue weighted by atomic mass is 32.2. The van der Waals surface area contributed by atoms with Crippen LogP contribution in [-0.2, 0) is 5.41 Å². The minimum atomic E-state index is 0.151. The normalized spacial score (nSPS) is 11.1. The van der Waals surface area contributed by atoms with Gasteiger partial charge in [-0.15, -0.1) is 0 Å². The summed E-state index contributed by atoms with van der Waals surface area (Å²) in [7, 11) is 0. The molecule has 0 heterocycles. The maximum absolute atomic E-state index is 9.20. The molecule has 2 nitrogen and oxygen atoms in total. The second kappa shape index (κ2) is 6.63. The van der Waals surface area contributed by atoms with Crippen molar-refractivity contribution in [3.63, 3.8) is 0 Å². The predicted molar refractivity (Wildman–Crippen MR) is 103 cm³/mol. The molecular formula is C22H18N2S. The summed E-state index contributed by atoms with van der Waals surface area (Å²) in [5.41, 5.74) is 2.32. The highest BCUT2D eigenvalue weighted by Gasteiger charge is 2.13. The summed E-state index contributed by atoms with van der Waals surface area (Å²) in [6, 6.07) is 22.5. The average Bonchev–Trinajstić information content (AvgIpc) is 2.60. The summed E-state index contributed by atoms with van der Waals surface area (Å²) >= 11 is 1.70. The third-order valence-corrected chi connectivity index (χ3v) is 5.14. The van der Waals surface area contributed by atoms with E-state index in [0.717, 1.165) is 15.7 Å². The van der Waals surface area contributed by atoms with E-state index in [4.69, 9.17) is 5.26 Å². The van der Waals surface area contributed by atoms with E-state index in [0.29, 0.717) is 11.1 Å². The summed E-state index contributed by atoms with van der Waals surface area (Å²) in [5.74, 6) is 0. The van der Waals surface area contributed by atoms with Crippen LogP contribution in [-0.4, -0.2) is 0 Å². The van der Waals surface area contributed by atoms with E-state index in [9.17, 15) is 5.26 Å². The van der Waals surface area contributed by atoms with E-state index in [1.54, 1.807) is 23.9 Å². The zero-order chi connectivity index (χ0) is 18.0. The van der Waals surface area contributed by atoms with Gasteiger partial charge in [-0.05, 0) is 58.1 Å². The Morgan fingerprint density at radius 2 is 1.28 bits per heavy atom. The molecule has 0 unspecified atom stereocenters. The highest BCUT2D eigenvalue weighted by Crippen LogP contribution is 2.32. The lowest BCUT2D eigenvalue weighted by Crippen LogP contribution is -2.10. The predicted octanol–water partition coefficient (Wildman–Crippen LogP) is 6.03. The summed E-state index contributed by atoms with van der Waals surface area (Å²) in [5, 5.41) is 20.3. The number of fused-ring (bicyclic) bond motifs is 1. The monoisotopic (exact) mass is 342 g/mol. The van der Waals surface area contributed by atoms with Gasteiger partial charge >= 0.3 is 0 Å². The maximum atomic E-state index is 9.20. The van der Waals surface area contributed by atoms with Gasteiger partial charge in [0.2, 0.25) is 0 Å². The molecule has 0 fully saturated rings. The third-order valence-electron chi connectivity index (χ3n) is 4.15. The van der Waals surface area contributed by atoms with Gasteiger partial charge in [-0.3, -0.25) is 0 Å². The van der Waals surface area contributed by atoms with Crippen molar-refractivity contribution in [3.05, 3.63) is 71.3 Å². The van der Waals surface area contributed by atoms with Crippen molar-refractivity contribution >= 4 is 22.5 Å². The van der Waals surface area contributed by atoms with Crippen LogP contribution in [0.4, 0.5) is 0 Å². The van der Waals surface area contributed by atoms with E-state index in [-0.39, 0.29) is 5.41 Å². The SMILES string of the molecule is CC(C)(C)c1ccc(Sc2ccc3cc(C#N)c(C#N)cc3c2)cc1. The van der Waals surface area contributed by atoms with Crippen LogP contribution in [0.2, 0.25) is 0 Å². The molecule has 0 aliphatic heterocycles. The Balaban J connectivity index is 1.92. The summed E-state index contributed by atoms with van der Waals surface area (Å²) in [6.07, 6.45) is 0. The van der Waals surface area contributed by atoms with Crippen LogP contribution in [0.3, 0.4) is 0 Å². The average molecular weight is 342 g/mol. The molecule has 0 radical (unpaired) electrons. The maximum Gasteiger partial charge on any atom is 0.101 e. The molecular weight excluding hydrogens is 324 g/mol. The first-order valence-corrected chi connectivity index (χ1v) is 8.89. The molecule has 3 aromatic rings. The molecule has 0 N–H and O–H groups in total. The van der Waals surface area contributed by atoms with Crippen LogP contribution in [0.15, 0.2) is 64.4 Å². The molecule has 0 atom stereocenters. The van der Waals surface area contributed by atoms with Gasteiger partial charge in [-0.1, -0.05) is 50.7 Å². The zero-order valence-electron chi connectivity index (χ0n) is 14.5. The first-order chi connectivity index (χ1) is 11.9. The van der Waals surface area contributed by atoms with E-state index in [2.05, 4.69) is 69.3 Å². The Morgan fingerprint density at radius 3 is 1.84 bits per heavy atom. The molecule has 3 aromatic carbocycles. The van der Waals surface area contributed by atoms with Gasteiger partial charge in [0.25, 0.3) is 0 Å².